The number of halogens is 5. The first kappa shape index (κ1) is 31.1. The van der Waals surface area contributed by atoms with Gasteiger partial charge in [0.15, 0.2) is 0 Å². The molecular weight excluding hydrogens is 594 g/mol. The van der Waals surface area contributed by atoms with Crippen molar-refractivity contribution in [3.05, 3.63) is 93.2 Å². The summed E-state index contributed by atoms with van der Waals surface area (Å²) in [6, 6.07) is 12.5. The second-order valence-electron chi connectivity index (χ2n) is 8.37. The van der Waals surface area contributed by atoms with Crippen molar-refractivity contribution in [2.45, 2.75) is 19.3 Å². The van der Waals surface area contributed by atoms with Gasteiger partial charge in [-0.15, -0.1) is 0 Å². The summed E-state index contributed by atoms with van der Waals surface area (Å²) in [5, 5.41) is 5.40. The van der Waals surface area contributed by atoms with Crippen LogP contribution in [0.5, 0.6) is 0 Å². The van der Waals surface area contributed by atoms with E-state index >= 15 is 0 Å². The number of carbonyl (C=O) groups excluding carboxylic acids is 2. The van der Waals surface area contributed by atoms with Crippen molar-refractivity contribution < 1.29 is 31.2 Å². The summed E-state index contributed by atoms with van der Waals surface area (Å²) in [6.07, 6.45) is -3.55. The van der Waals surface area contributed by atoms with Gasteiger partial charge in [-0.2, -0.15) is 13.2 Å². The van der Waals surface area contributed by atoms with E-state index in [1.54, 1.807) is 18.2 Å². The van der Waals surface area contributed by atoms with Crippen LogP contribution in [0.1, 0.15) is 27.2 Å². The molecule has 214 valence electrons. The largest absolute Gasteiger partial charge is 0.433 e. The van der Waals surface area contributed by atoms with Crippen molar-refractivity contribution in [3.63, 3.8) is 0 Å². The number of nitrogens with two attached hydrogens (primary N) is 1. The maximum atomic E-state index is 13.3. The first-order valence-electron chi connectivity index (χ1n) is 11.6. The Bertz CT molecular complexity index is 1450. The third kappa shape index (κ3) is 8.31. The average Bonchev–Trinajstić information content (AvgIpc) is 2.92. The SMILES string of the molecule is NCC(=O)NCCS(=O)(=O)N(Cc1cccc(Cl)c1Cl)c1ccc(C(=O)NCc2ccc(C(F)(F)F)nc2)cc1. The van der Waals surface area contributed by atoms with E-state index in [0.717, 1.165) is 16.6 Å². The molecule has 0 bridgehead atoms. The lowest BCUT2D eigenvalue weighted by molar-refractivity contribution is -0.141. The molecule has 3 rings (SSSR count). The summed E-state index contributed by atoms with van der Waals surface area (Å²) < 4.78 is 65.7. The van der Waals surface area contributed by atoms with Gasteiger partial charge in [-0.1, -0.05) is 41.4 Å². The number of amides is 2. The quantitative estimate of drug-likeness (QED) is 0.300. The van der Waals surface area contributed by atoms with Crippen LogP contribution in [0.15, 0.2) is 60.8 Å². The molecule has 9 nitrogen and oxygen atoms in total. The van der Waals surface area contributed by atoms with Gasteiger partial charge in [-0.3, -0.25) is 18.9 Å². The average molecular weight is 618 g/mol. The van der Waals surface area contributed by atoms with Crippen LogP contribution in [-0.2, 0) is 34.1 Å². The van der Waals surface area contributed by atoms with Crippen molar-refractivity contribution in [1.82, 2.24) is 15.6 Å². The fourth-order valence-corrected chi connectivity index (χ4v) is 5.18. The Morgan fingerprint density at radius 1 is 1.00 bits per heavy atom. The van der Waals surface area contributed by atoms with Crippen LogP contribution < -0.4 is 20.7 Å². The predicted molar refractivity (Wildman–Crippen MR) is 145 cm³/mol. The molecule has 40 heavy (non-hydrogen) atoms. The molecule has 0 saturated heterocycles. The van der Waals surface area contributed by atoms with Crippen molar-refractivity contribution in [2.75, 3.05) is 23.1 Å². The Balaban J connectivity index is 1.77. The van der Waals surface area contributed by atoms with Gasteiger partial charge in [-0.05, 0) is 47.5 Å². The summed E-state index contributed by atoms with van der Waals surface area (Å²) in [4.78, 5) is 27.4. The summed E-state index contributed by atoms with van der Waals surface area (Å²) in [5.41, 5.74) is 5.38. The summed E-state index contributed by atoms with van der Waals surface area (Å²) in [6.45, 7) is -0.731. The fraction of sp³-hybridized carbons (Fsp3) is 0.240. The molecule has 0 aliphatic heterocycles. The number of hydrogen-bond acceptors (Lipinski definition) is 6. The van der Waals surface area contributed by atoms with Gasteiger partial charge in [0.2, 0.25) is 15.9 Å². The van der Waals surface area contributed by atoms with Crippen LogP contribution >= 0.6 is 23.2 Å². The van der Waals surface area contributed by atoms with Crippen LogP contribution in [0, 0.1) is 0 Å². The molecule has 0 unspecified atom stereocenters. The van der Waals surface area contributed by atoms with E-state index < -0.39 is 39.5 Å². The standard InChI is InChI=1S/C25H24Cl2F3N5O4S/c26-20-3-1-2-18(23(20)27)15-35(40(38,39)11-10-32-22(36)12-31)19-7-5-17(6-8-19)24(37)34-14-16-4-9-21(33-13-16)25(28,29)30/h1-9,13H,10-12,14-15,31H2,(H,32,36)(H,34,37). The Morgan fingerprint density at radius 3 is 2.30 bits per heavy atom. The van der Waals surface area contributed by atoms with Gasteiger partial charge in [0.25, 0.3) is 5.91 Å². The zero-order chi connectivity index (χ0) is 29.5. The molecule has 0 saturated carbocycles. The number of carbonyl (C=O) groups is 2. The lowest BCUT2D eigenvalue weighted by atomic mass is 10.1. The summed E-state index contributed by atoms with van der Waals surface area (Å²) in [7, 11) is -4.01. The zero-order valence-corrected chi connectivity index (χ0v) is 23.0. The van der Waals surface area contributed by atoms with Crippen LogP contribution in [0.2, 0.25) is 10.0 Å². The molecule has 0 spiro atoms. The normalized spacial score (nSPS) is 11.7. The zero-order valence-electron chi connectivity index (χ0n) is 20.7. The minimum atomic E-state index is -4.57. The van der Waals surface area contributed by atoms with Gasteiger partial charge >= 0.3 is 6.18 Å². The fourth-order valence-electron chi connectivity index (χ4n) is 3.44. The molecule has 1 heterocycles. The van der Waals surface area contributed by atoms with Crippen molar-refractivity contribution in [3.8, 4) is 0 Å². The summed E-state index contributed by atoms with van der Waals surface area (Å²) >= 11 is 12.4. The number of aromatic nitrogens is 1. The second kappa shape index (κ2) is 13.3. The van der Waals surface area contributed by atoms with Crippen LogP contribution in [0.25, 0.3) is 0 Å². The van der Waals surface area contributed by atoms with Gasteiger partial charge in [0.05, 0.1) is 34.6 Å². The molecule has 0 fully saturated rings. The van der Waals surface area contributed by atoms with E-state index in [-0.39, 0.29) is 47.5 Å². The molecule has 0 radical (unpaired) electrons. The molecule has 3 aromatic rings. The first-order chi connectivity index (χ1) is 18.8. The maximum absolute atomic E-state index is 13.3. The highest BCUT2D eigenvalue weighted by molar-refractivity contribution is 7.92. The van der Waals surface area contributed by atoms with E-state index in [9.17, 15) is 31.2 Å². The van der Waals surface area contributed by atoms with Gasteiger partial charge in [-0.25, -0.2) is 8.42 Å². The van der Waals surface area contributed by atoms with E-state index in [1.807, 2.05) is 0 Å². The Morgan fingerprint density at radius 2 is 1.70 bits per heavy atom. The third-order valence-electron chi connectivity index (χ3n) is 5.53. The van der Waals surface area contributed by atoms with Gasteiger partial charge in [0, 0.05) is 24.8 Å². The monoisotopic (exact) mass is 617 g/mol. The van der Waals surface area contributed by atoms with E-state index in [4.69, 9.17) is 28.9 Å². The summed E-state index contributed by atoms with van der Waals surface area (Å²) in [5.74, 6) is -1.49. The molecule has 4 N–H and O–H groups in total. The van der Waals surface area contributed by atoms with Crippen molar-refractivity contribution in [1.29, 1.82) is 0 Å². The number of nitrogens with zero attached hydrogens (tertiary/aromatic N) is 2. The molecule has 2 aromatic carbocycles. The van der Waals surface area contributed by atoms with Crippen molar-refractivity contribution >= 4 is 50.7 Å². The highest BCUT2D eigenvalue weighted by Crippen LogP contribution is 2.30. The number of rotatable bonds is 11. The van der Waals surface area contributed by atoms with E-state index in [0.29, 0.717) is 11.1 Å². The molecule has 0 atom stereocenters. The minimum absolute atomic E-state index is 0.0754. The molecular formula is C25H24Cl2F3N5O4S. The lowest BCUT2D eigenvalue weighted by Gasteiger charge is -2.25. The molecule has 1 aromatic heterocycles. The number of benzene rings is 2. The van der Waals surface area contributed by atoms with Crippen molar-refractivity contribution in [2.24, 2.45) is 5.73 Å². The number of pyridine rings is 1. The lowest BCUT2D eigenvalue weighted by Crippen LogP contribution is -2.39. The first-order valence-corrected chi connectivity index (χ1v) is 14.0. The highest BCUT2D eigenvalue weighted by atomic mass is 35.5. The Hall–Kier alpha value is -3.39. The highest BCUT2D eigenvalue weighted by Gasteiger charge is 2.32. The van der Waals surface area contributed by atoms with Gasteiger partial charge < -0.3 is 16.4 Å². The van der Waals surface area contributed by atoms with E-state index in [2.05, 4.69) is 15.6 Å². The van der Waals surface area contributed by atoms with Crippen LogP contribution in [0.4, 0.5) is 18.9 Å². The van der Waals surface area contributed by atoms with Crippen LogP contribution in [-0.4, -0.2) is 44.1 Å². The number of hydrogen-bond donors (Lipinski definition) is 3. The smallest absolute Gasteiger partial charge is 0.354 e. The number of alkyl halides is 3. The molecule has 0 aliphatic carbocycles. The molecule has 15 heteroatoms. The molecule has 2 amide bonds. The van der Waals surface area contributed by atoms with Crippen LogP contribution in [0.3, 0.4) is 0 Å². The number of nitrogens with one attached hydrogen (secondary N) is 2. The Kier molecular flexibility index (Phi) is 10.4. The minimum Gasteiger partial charge on any atom is -0.354 e. The third-order valence-corrected chi connectivity index (χ3v) is 8.12. The van der Waals surface area contributed by atoms with Gasteiger partial charge in [0.1, 0.15) is 5.69 Å². The predicted octanol–water partition coefficient (Wildman–Crippen LogP) is 3.75. The van der Waals surface area contributed by atoms with E-state index in [1.165, 1.54) is 30.3 Å². The number of sulfonamides is 1. The number of anilines is 1. The molecule has 0 aliphatic rings. The maximum Gasteiger partial charge on any atom is 0.433 e. The Labute approximate surface area is 238 Å². The topological polar surface area (TPSA) is 134 Å². The second-order valence-corrected chi connectivity index (χ2v) is 11.2.